The fourth-order valence-electron chi connectivity index (χ4n) is 1.54. The molecule has 0 atom stereocenters. The largest absolute Gasteiger partial charge is 0.457 e. The Bertz CT molecular complexity index is 436. The number of nitrogens with one attached hydrogen (secondary N) is 3. The highest BCUT2D eigenvalue weighted by atomic mass is 32.3. The summed E-state index contributed by atoms with van der Waals surface area (Å²) in [5, 5.41) is 9.79. The van der Waals surface area contributed by atoms with Gasteiger partial charge >= 0.3 is 16.4 Å². The molecule has 0 aliphatic carbocycles. The van der Waals surface area contributed by atoms with Crippen molar-refractivity contribution >= 4 is 16.4 Å². The van der Waals surface area contributed by atoms with Crippen LogP contribution in [0.15, 0.2) is 12.2 Å². The molecule has 138 valence electrons. The SMILES string of the molecule is C=C(C)C(=O)OCC(NCC)(NCC)NCC.COS(=O)(=O)O. The highest BCUT2D eigenvalue weighted by Gasteiger charge is 2.28. The van der Waals surface area contributed by atoms with Gasteiger partial charge in [0, 0.05) is 5.57 Å². The number of hydrogen-bond donors (Lipinski definition) is 4. The minimum absolute atomic E-state index is 0.216. The molecule has 0 saturated heterocycles. The van der Waals surface area contributed by atoms with E-state index in [1.807, 2.05) is 20.8 Å². The number of likely N-dealkylation sites (N-methyl/N-ethyl adjacent to an activating group) is 3. The highest BCUT2D eigenvalue weighted by molar-refractivity contribution is 7.80. The molecule has 0 aromatic heterocycles. The lowest BCUT2D eigenvalue weighted by Crippen LogP contribution is -2.69. The van der Waals surface area contributed by atoms with Crippen LogP contribution in [-0.4, -0.2) is 58.1 Å². The topological polar surface area (TPSA) is 126 Å². The van der Waals surface area contributed by atoms with Crippen LogP contribution in [0.2, 0.25) is 0 Å². The second-order valence-corrected chi connectivity index (χ2v) is 5.64. The quantitative estimate of drug-likeness (QED) is 0.186. The lowest BCUT2D eigenvalue weighted by molar-refractivity contribution is -0.142. The van der Waals surface area contributed by atoms with Crippen molar-refractivity contribution in [3.05, 3.63) is 12.2 Å². The van der Waals surface area contributed by atoms with E-state index in [2.05, 4.69) is 26.7 Å². The van der Waals surface area contributed by atoms with E-state index in [1.54, 1.807) is 6.92 Å². The molecular weight excluding hydrogens is 326 g/mol. The monoisotopic (exact) mass is 355 g/mol. The smallest absolute Gasteiger partial charge is 0.397 e. The van der Waals surface area contributed by atoms with Gasteiger partial charge in [-0.1, -0.05) is 27.4 Å². The van der Waals surface area contributed by atoms with Crippen molar-refractivity contribution in [2.45, 2.75) is 33.5 Å². The summed E-state index contributed by atoms with van der Waals surface area (Å²) in [5.41, 5.74) is 0.406. The predicted molar refractivity (Wildman–Crippen MR) is 88.1 cm³/mol. The van der Waals surface area contributed by atoms with Crippen molar-refractivity contribution in [3.8, 4) is 0 Å². The Kier molecular flexibility index (Phi) is 13.0. The van der Waals surface area contributed by atoms with E-state index in [1.165, 1.54) is 0 Å². The molecule has 0 aliphatic rings. The van der Waals surface area contributed by atoms with Gasteiger partial charge in [0.05, 0.1) is 7.11 Å². The Morgan fingerprint density at radius 1 is 1.13 bits per heavy atom. The van der Waals surface area contributed by atoms with Crippen LogP contribution in [-0.2, 0) is 24.1 Å². The van der Waals surface area contributed by atoms with Crippen molar-refractivity contribution in [1.82, 2.24) is 16.0 Å². The first-order valence-electron chi connectivity index (χ1n) is 7.18. The molecule has 0 spiro atoms. The van der Waals surface area contributed by atoms with Crippen LogP contribution in [0.4, 0.5) is 0 Å². The van der Waals surface area contributed by atoms with Crippen LogP contribution in [0, 0.1) is 0 Å². The molecular formula is C13H29N3O6S. The number of hydrogen-bond acceptors (Lipinski definition) is 8. The lowest BCUT2D eigenvalue weighted by Gasteiger charge is -2.35. The maximum atomic E-state index is 11.4. The van der Waals surface area contributed by atoms with Gasteiger partial charge in [0.15, 0.2) is 5.79 Å². The Morgan fingerprint density at radius 2 is 1.48 bits per heavy atom. The van der Waals surface area contributed by atoms with Crippen molar-refractivity contribution in [2.75, 3.05) is 33.4 Å². The molecule has 0 fully saturated rings. The molecule has 0 saturated carbocycles. The first-order chi connectivity index (χ1) is 10.6. The summed E-state index contributed by atoms with van der Waals surface area (Å²) in [4.78, 5) is 11.4. The summed E-state index contributed by atoms with van der Waals surface area (Å²) in [6.07, 6.45) is 0. The first-order valence-corrected chi connectivity index (χ1v) is 8.54. The van der Waals surface area contributed by atoms with Gasteiger partial charge in [0.25, 0.3) is 0 Å². The van der Waals surface area contributed by atoms with Gasteiger partial charge in [-0.25, -0.2) is 4.79 Å². The predicted octanol–water partition coefficient (Wildman–Crippen LogP) is 0.0236. The maximum absolute atomic E-state index is 11.4. The second-order valence-electron chi connectivity index (χ2n) is 4.45. The zero-order chi connectivity index (χ0) is 18.5. The second kappa shape index (κ2) is 12.4. The first kappa shape index (κ1) is 24.2. The summed E-state index contributed by atoms with van der Waals surface area (Å²) in [6, 6.07) is 0. The van der Waals surface area contributed by atoms with Crippen molar-refractivity contribution in [1.29, 1.82) is 0 Å². The molecule has 10 heteroatoms. The van der Waals surface area contributed by atoms with Gasteiger partial charge in [-0.05, 0) is 26.6 Å². The van der Waals surface area contributed by atoms with E-state index in [0.29, 0.717) is 5.57 Å². The van der Waals surface area contributed by atoms with Crippen LogP contribution in [0.5, 0.6) is 0 Å². The average molecular weight is 355 g/mol. The van der Waals surface area contributed by atoms with Gasteiger partial charge in [0.2, 0.25) is 0 Å². The van der Waals surface area contributed by atoms with Crippen LogP contribution >= 0.6 is 0 Å². The average Bonchev–Trinajstić information content (AvgIpc) is 2.45. The van der Waals surface area contributed by atoms with Crippen LogP contribution in [0.3, 0.4) is 0 Å². The molecule has 0 unspecified atom stereocenters. The number of carbonyl (C=O) groups is 1. The van der Waals surface area contributed by atoms with Gasteiger partial charge in [-0.3, -0.25) is 24.7 Å². The number of ether oxygens (including phenoxy) is 1. The molecule has 0 aliphatic heterocycles. The fourth-order valence-corrected chi connectivity index (χ4v) is 1.54. The standard InChI is InChI=1S/C12H25N3O2.CH4O4S/c1-6-13-12(14-7-2,15-8-3)9-17-11(16)10(4)5;1-5-6(2,3)4/h13-15H,4,6-9H2,1-3,5H3;1H3,(H,2,3,4). The third-order valence-electron chi connectivity index (χ3n) is 2.41. The fraction of sp³-hybridized carbons (Fsp3) is 0.769. The van der Waals surface area contributed by atoms with E-state index in [9.17, 15) is 13.2 Å². The van der Waals surface area contributed by atoms with Crippen molar-refractivity contribution in [2.24, 2.45) is 0 Å². The summed E-state index contributed by atoms with van der Waals surface area (Å²) in [6.45, 7) is 13.7. The maximum Gasteiger partial charge on any atom is 0.397 e. The molecule has 0 radical (unpaired) electrons. The molecule has 0 heterocycles. The lowest BCUT2D eigenvalue weighted by atomic mass is 10.3. The number of rotatable bonds is 10. The van der Waals surface area contributed by atoms with Gasteiger partial charge in [-0.15, -0.1) is 0 Å². The Balaban J connectivity index is 0. The van der Waals surface area contributed by atoms with Crippen molar-refractivity contribution < 1.29 is 26.7 Å². The Labute approximate surface area is 138 Å². The van der Waals surface area contributed by atoms with Gasteiger partial charge in [-0.2, -0.15) is 8.42 Å². The molecule has 0 aromatic rings. The molecule has 9 nitrogen and oxygen atoms in total. The number of carbonyl (C=O) groups excluding carboxylic acids is 1. The summed E-state index contributed by atoms with van der Waals surface area (Å²) in [7, 11) is -3.29. The third-order valence-corrected chi connectivity index (χ3v) is 2.84. The van der Waals surface area contributed by atoms with Crippen LogP contribution < -0.4 is 16.0 Å². The Morgan fingerprint density at radius 3 is 1.70 bits per heavy atom. The van der Waals surface area contributed by atoms with Crippen molar-refractivity contribution in [3.63, 3.8) is 0 Å². The molecule has 0 rings (SSSR count). The van der Waals surface area contributed by atoms with Crippen LogP contribution in [0.25, 0.3) is 0 Å². The van der Waals surface area contributed by atoms with E-state index < -0.39 is 16.2 Å². The van der Waals surface area contributed by atoms with Gasteiger partial charge in [0.1, 0.15) is 6.61 Å². The van der Waals surface area contributed by atoms with Gasteiger partial charge < -0.3 is 4.74 Å². The summed E-state index contributed by atoms with van der Waals surface area (Å²) >= 11 is 0. The van der Waals surface area contributed by atoms with E-state index in [0.717, 1.165) is 26.7 Å². The molecule has 4 N–H and O–H groups in total. The normalized spacial score (nSPS) is 11.4. The molecule has 0 aromatic carbocycles. The van der Waals surface area contributed by atoms with E-state index >= 15 is 0 Å². The molecule has 23 heavy (non-hydrogen) atoms. The van der Waals surface area contributed by atoms with Crippen LogP contribution in [0.1, 0.15) is 27.7 Å². The zero-order valence-electron chi connectivity index (χ0n) is 14.4. The molecule has 0 bridgehead atoms. The number of esters is 1. The molecule has 0 amide bonds. The van der Waals surface area contributed by atoms with E-state index in [-0.39, 0.29) is 12.6 Å². The highest BCUT2D eigenvalue weighted by Crippen LogP contribution is 2.00. The minimum Gasteiger partial charge on any atom is -0.457 e. The summed E-state index contributed by atoms with van der Waals surface area (Å²) in [5.74, 6) is -0.938. The Hall–Kier alpha value is -1.04. The zero-order valence-corrected chi connectivity index (χ0v) is 15.2. The minimum atomic E-state index is -4.16. The van der Waals surface area contributed by atoms with E-state index in [4.69, 9.17) is 9.29 Å². The third kappa shape index (κ3) is 13.1. The summed E-state index contributed by atoms with van der Waals surface area (Å²) < 4.78 is 34.9.